The van der Waals surface area contributed by atoms with Crippen LogP contribution in [0.15, 0.2) is 53.9 Å². The Kier molecular flexibility index (Phi) is 5.82. The highest BCUT2D eigenvalue weighted by molar-refractivity contribution is 7.99. The number of carbonyl (C=O) groups excluding carboxylic acids is 1. The summed E-state index contributed by atoms with van der Waals surface area (Å²) in [5, 5.41) is 20.7. The molecule has 0 radical (unpaired) electrons. The van der Waals surface area contributed by atoms with Gasteiger partial charge in [0.25, 0.3) is 0 Å². The second kappa shape index (κ2) is 8.45. The van der Waals surface area contributed by atoms with Crippen LogP contribution in [0.25, 0.3) is 11.4 Å². The Labute approximate surface area is 159 Å². The van der Waals surface area contributed by atoms with Crippen molar-refractivity contribution in [1.29, 1.82) is 0 Å². The fraction of sp³-hybridized carbons (Fsp3) is 0.167. The summed E-state index contributed by atoms with van der Waals surface area (Å²) in [5.74, 6) is -0.354. The number of rotatable bonds is 7. The number of nitrogens with one attached hydrogen (secondary N) is 1. The van der Waals surface area contributed by atoms with E-state index in [2.05, 4.69) is 20.5 Å². The van der Waals surface area contributed by atoms with Crippen molar-refractivity contribution in [2.75, 3.05) is 11.1 Å². The molecule has 0 saturated heterocycles. The molecule has 0 aliphatic rings. The Hall–Kier alpha value is -3.20. The lowest BCUT2D eigenvalue weighted by atomic mass is 10.2. The van der Waals surface area contributed by atoms with Crippen molar-refractivity contribution < 1.29 is 14.7 Å². The highest BCUT2D eigenvalue weighted by Gasteiger charge is 2.14. The van der Waals surface area contributed by atoms with E-state index in [4.69, 9.17) is 5.11 Å². The fourth-order valence-corrected chi connectivity index (χ4v) is 3.21. The number of aromatic nitrogens is 4. The van der Waals surface area contributed by atoms with Gasteiger partial charge in [0.05, 0.1) is 11.3 Å². The van der Waals surface area contributed by atoms with Gasteiger partial charge in [0.15, 0.2) is 11.0 Å². The maximum absolute atomic E-state index is 12.2. The molecule has 138 valence electrons. The Balaban J connectivity index is 1.63. The molecule has 0 spiro atoms. The number of pyridine rings is 1. The highest BCUT2D eigenvalue weighted by atomic mass is 32.2. The molecule has 3 rings (SSSR count). The van der Waals surface area contributed by atoms with Crippen molar-refractivity contribution in [2.45, 2.75) is 18.6 Å². The summed E-state index contributed by atoms with van der Waals surface area (Å²) in [5.41, 5.74) is 1.57. The van der Waals surface area contributed by atoms with E-state index in [9.17, 15) is 9.59 Å². The van der Waals surface area contributed by atoms with Crippen molar-refractivity contribution in [1.82, 2.24) is 19.7 Å². The van der Waals surface area contributed by atoms with E-state index in [0.717, 1.165) is 5.56 Å². The maximum Gasteiger partial charge on any atom is 0.335 e. The molecule has 0 fully saturated rings. The first-order chi connectivity index (χ1) is 13.1. The molecule has 0 atom stereocenters. The molecule has 1 amide bonds. The quantitative estimate of drug-likeness (QED) is 0.604. The van der Waals surface area contributed by atoms with Gasteiger partial charge in [-0.1, -0.05) is 11.8 Å². The van der Waals surface area contributed by atoms with Gasteiger partial charge >= 0.3 is 5.97 Å². The minimum absolute atomic E-state index is 0.159. The molecule has 0 bridgehead atoms. The topological polar surface area (TPSA) is 110 Å². The Morgan fingerprint density at radius 2 is 1.96 bits per heavy atom. The van der Waals surface area contributed by atoms with Crippen molar-refractivity contribution >= 4 is 29.3 Å². The van der Waals surface area contributed by atoms with Crippen LogP contribution in [-0.4, -0.2) is 42.5 Å². The lowest BCUT2D eigenvalue weighted by Gasteiger charge is -2.08. The van der Waals surface area contributed by atoms with E-state index >= 15 is 0 Å². The molecule has 8 nitrogen and oxygen atoms in total. The number of amides is 1. The maximum atomic E-state index is 12.2. The van der Waals surface area contributed by atoms with Gasteiger partial charge in [0, 0.05) is 30.2 Å². The van der Waals surface area contributed by atoms with Crippen molar-refractivity contribution in [3.05, 3.63) is 54.4 Å². The Morgan fingerprint density at radius 1 is 1.19 bits per heavy atom. The van der Waals surface area contributed by atoms with Gasteiger partial charge in [0.1, 0.15) is 0 Å². The first kappa shape index (κ1) is 18.6. The van der Waals surface area contributed by atoms with E-state index < -0.39 is 5.97 Å². The number of carboxylic acids is 1. The lowest BCUT2D eigenvalue weighted by Crippen LogP contribution is -2.14. The molecular formula is C18H17N5O3S. The summed E-state index contributed by atoms with van der Waals surface area (Å²) in [6, 6.07) is 9.74. The number of carbonyl (C=O) groups is 2. The summed E-state index contributed by atoms with van der Waals surface area (Å²) in [6.07, 6.45) is 3.41. The average molecular weight is 383 g/mol. The zero-order valence-electron chi connectivity index (χ0n) is 14.5. The van der Waals surface area contributed by atoms with Gasteiger partial charge in [0.2, 0.25) is 5.91 Å². The van der Waals surface area contributed by atoms with E-state index in [0.29, 0.717) is 23.2 Å². The predicted octanol–water partition coefficient (Wildman–Crippen LogP) is 2.79. The molecule has 3 aromatic rings. The Morgan fingerprint density at radius 3 is 2.59 bits per heavy atom. The van der Waals surface area contributed by atoms with E-state index in [1.807, 2.05) is 23.6 Å². The monoisotopic (exact) mass is 383 g/mol. The number of aromatic carboxylic acids is 1. The summed E-state index contributed by atoms with van der Waals surface area (Å²) in [4.78, 5) is 27.1. The normalized spacial score (nSPS) is 10.6. The minimum Gasteiger partial charge on any atom is -0.478 e. The molecule has 27 heavy (non-hydrogen) atoms. The summed E-state index contributed by atoms with van der Waals surface area (Å²) in [6.45, 7) is 2.65. The standard InChI is InChI=1S/C18H17N5O3S/c1-2-23-16(13-4-3-9-19-10-13)21-22-18(23)27-11-15(24)20-14-7-5-12(6-8-14)17(25)26/h3-10H,2,11H2,1H3,(H,20,24)(H,25,26). The van der Waals surface area contributed by atoms with Gasteiger partial charge in [-0.25, -0.2) is 4.79 Å². The van der Waals surface area contributed by atoms with Crippen LogP contribution in [0.5, 0.6) is 0 Å². The van der Waals surface area contributed by atoms with Crippen molar-refractivity contribution in [3.63, 3.8) is 0 Å². The van der Waals surface area contributed by atoms with Gasteiger partial charge in [-0.15, -0.1) is 10.2 Å². The number of nitrogens with zero attached hydrogens (tertiary/aromatic N) is 4. The minimum atomic E-state index is -1.01. The molecular weight excluding hydrogens is 366 g/mol. The zero-order valence-corrected chi connectivity index (χ0v) is 15.3. The lowest BCUT2D eigenvalue weighted by molar-refractivity contribution is -0.113. The molecule has 2 aromatic heterocycles. The molecule has 0 unspecified atom stereocenters. The first-order valence-electron chi connectivity index (χ1n) is 8.18. The summed E-state index contributed by atoms with van der Waals surface area (Å²) < 4.78 is 1.93. The van der Waals surface area contributed by atoms with Crippen molar-refractivity contribution in [2.24, 2.45) is 0 Å². The molecule has 2 N–H and O–H groups in total. The van der Waals surface area contributed by atoms with Gasteiger partial charge in [-0.05, 0) is 43.3 Å². The molecule has 2 heterocycles. The number of thioether (sulfide) groups is 1. The van der Waals surface area contributed by atoms with Crippen LogP contribution >= 0.6 is 11.8 Å². The SMILES string of the molecule is CCn1c(SCC(=O)Nc2ccc(C(=O)O)cc2)nnc1-c1cccnc1. The van der Waals surface area contributed by atoms with E-state index in [1.54, 1.807) is 24.5 Å². The number of carboxylic acid groups (broad SMARTS) is 1. The number of anilines is 1. The second-order valence-electron chi connectivity index (χ2n) is 5.51. The fourth-order valence-electron chi connectivity index (χ4n) is 2.41. The van der Waals surface area contributed by atoms with Crippen LogP contribution in [0.2, 0.25) is 0 Å². The number of benzene rings is 1. The third kappa shape index (κ3) is 4.50. The van der Waals surface area contributed by atoms with Gasteiger partial charge < -0.3 is 15.0 Å². The summed E-state index contributed by atoms with van der Waals surface area (Å²) >= 11 is 1.29. The predicted molar refractivity (Wildman–Crippen MR) is 102 cm³/mol. The second-order valence-corrected chi connectivity index (χ2v) is 6.45. The van der Waals surface area contributed by atoms with Crippen LogP contribution in [0.1, 0.15) is 17.3 Å². The van der Waals surface area contributed by atoms with Crippen LogP contribution < -0.4 is 5.32 Å². The third-order valence-corrected chi connectivity index (χ3v) is 4.67. The average Bonchev–Trinajstić information content (AvgIpc) is 3.10. The van der Waals surface area contributed by atoms with Crippen LogP contribution in [0.4, 0.5) is 5.69 Å². The van der Waals surface area contributed by atoms with Gasteiger partial charge in [-0.2, -0.15) is 0 Å². The third-order valence-electron chi connectivity index (χ3n) is 3.70. The number of hydrogen-bond acceptors (Lipinski definition) is 6. The van der Waals surface area contributed by atoms with Crippen LogP contribution in [0, 0.1) is 0 Å². The van der Waals surface area contributed by atoms with E-state index in [-0.39, 0.29) is 17.2 Å². The Bertz CT molecular complexity index is 941. The van der Waals surface area contributed by atoms with Crippen LogP contribution in [-0.2, 0) is 11.3 Å². The van der Waals surface area contributed by atoms with E-state index in [1.165, 1.54) is 23.9 Å². The smallest absolute Gasteiger partial charge is 0.335 e. The molecule has 0 saturated carbocycles. The highest BCUT2D eigenvalue weighted by Crippen LogP contribution is 2.23. The molecule has 0 aliphatic heterocycles. The van der Waals surface area contributed by atoms with Gasteiger partial charge in [-0.3, -0.25) is 9.78 Å². The largest absolute Gasteiger partial charge is 0.478 e. The summed E-state index contributed by atoms with van der Waals surface area (Å²) in [7, 11) is 0. The van der Waals surface area contributed by atoms with Crippen molar-refractivity contribution in [3.8, 4) is 11.4 Å². The number of hydrogen-bond donors (Lipinski definition) is 2. The molecule has 1 aromatic carbocycles. The molecule has 0 aliphatic carbocycles. The van der Waals surface area contributed by atoms with Crippen LogP contribution in [0.3, 0.4) is 0 Å². The first-order valence-corrected chi connectivity index (χ1v) is 9.16. The zero-order chi connectivity index (χ0) is 19.2. The molecule has 9 heteroatoms.